The van der Waals surface area contributed by atoms with E-state index in [0.717, 1.165) is 57.8 Å². The van der Waals surface area contributed by atoms with Crippen molar-refractivity contribution in [3.63, 3.8) is 0 Å². The molecule has 0 aliphatic heterocycles. The van der Waals surface area contributed by atoms with Crippen LogP contribution in [0.2, 0.25) is 0 Å². The van der Waals surface area contributed by atoms with Crippen LogP contribution in [0.5, 0.6) is 0 Å². The van der Waals surface area contributed by atoms with Gasteiger partial charge in [0.1, 0.15) is 12.7 Å². The van der Waals surface area contributed by atoms with Crippen molar-refractivity contribution in [1.82, 2.24) is 10.2 Å². The maximum atomic E-state index is 12.3. The molecule has 1 amide bonds. The van der Waals surface area contributed by atoms with Crippen molar-refractivity contribution < 1.29 is 29.0 Å². The molecular weight excluding hydrogens is 460 g/mol. The van der Waals surface area contributed by atoms with Crippen LogP contribution in [0.4, 0.5) is 0 Å². The van der Waals surface area contributed by atoms with Crippen molar-refractivity contribution >= 4 is 17.8 Å². The van der Waals surface area contributed by atoms with E-state index in [9.17, 15) is 19.5 Å². The van der Waals surface area contributed by atoms with Crippen molar-refractivity contribution in [2.24, 2.45) is 0 Å². The Hall–Kier alpha value is -1.93. The van der Waals surface area contributed by atoms with Gasteiger partial charge in [0.05, 0.1) is 6.10 Å². The molecule has 0 aliphatic carbocycles. The Morgan fingerprint density at radius 1 is 0.889 bits per heavy atom. The van der Waals surface area contributed by atoms with Crippen molar-refractivity contribution in [3.05, 3.63) is 12.2 Å². The molecule has 0 aromatic rings. The summed E-state index contributed by atoms with van der Waals surface area (Å²) < 4.78 is 10.7. The molecule has 0 saturated carbocycles. The zero-order valence-corrected chi connectivity index (χ0v) is 23.3. The molecule has 2 atom stereocenters. The molecule has 0 aliphatic rings. The maximum Gasteiger partial charge on any atom is 0.306 e. The zero-order valence-electron chi connectivity index (χ0n) is 23.3. The zero-order chi connectivity index (χ0) is 27.0. The number of nitrogens with one attached hydrogen (secondary N) is 1. The van der Waals surface area contributed by atoms with E-state index in [1.165, 1.54) is 0 Å². The van der Waals surface area contributed by atoms with Gasteiger partial charge in [0.15, 0.2) is 0 Å². The number of esters is 2. The van der Waals surface area contributed by atoms with E-state index in [2.05, 4.69) is 18.3 Å². The number of hydrogen-bond donors (Lipinski definition) is 2. The second-order valence-corrected chi connectivity index (χ2v) is 9.66. The topological polar surface area (TPSA) is 105 Å². The Balaban J connectivity index is 4.21. The summed E-state index contributed by atoms with van der Waals surface area (Å²) in [6, 6.07) is 0. The molecule has 0 bridgehead atoms. The van der Waals surface area contributed by atoms with Crippen molar-refractivity contribution in [2.45, 2.75) is 115 Å². The molecule has 8 nitrogen and oxygen atoms in total. The highest BCUT2D eigenvalue weighted by molar-refractivity contribution is 5.75. The van der Waals surface area contributed by atoms with Gasteiger partial charge in [0, 0.05) is 32.9 Å². The molecule has 0 rings (SSSR count). The first-order valence-electron chi connectivity index (χ1n) is 13.8. The van der Waals surface area contributed by atoms with Crippen LogP contribution < -0.4 is 5.32 Å². The minimum atomic E-state index is -0.734. The van der Waals surface area contributed by atoms with E-state index in [0.29, 0.717) is 38.8 Å². The van der Waals surface area contributed by atoms with E-state index in [-0.39, 0.29) is 30.7 Å². The number of rotatable bonds is 23. The van der Waals surface area contributed by atoms with Gasteiger partial charge in [0.25, 0.3) is 0 Å². The third-order valence-corrected chi connectivity index (χ3v) is 5.97. The molecular formula is C28H52N2O6. The highest BCUT2D eigenvalue weighted by atomic mass is 16.6. The normalized spacial score (nSPS) is 13.1. The average Bonchev–Trinajstić information content (AvgIpc) is 2.84. The van der Waals surface area contributed by atoms with Crippen molar-refractivity contribution in [2.75, 3.05) is 34.3 Å². The van der Waals surface area contributed by atoms with Crippen LogP contribution in [0, 0.1) is 0 Å². The molecule has 8 heteroatoms. The van der Waals surface area contributed by atoms with Gasteiger partial charge in [-0.15, -0.1) is 0 Å². The van der Waals surface area contributed by atoms with E-state index in [1.807, 2.05) is 25.1 Å². The van der Waals surface area contributed by atoms with Gasteiger partial charge in [-0.25, -0.2) is 0 Å². The molecule has 2 N–H and O–H groups in total. The van der Waals surface area contributed by atoms with Gasteiger partial charge in [-0.05, 0) is 59.0 Å². The number of likely N-dealkylation sites (N-methyl/N-ethyl adjacent to an activating group) is 1. The molecule has 210 valence electrons. The Morgan fingerprint density at radius 3 is 2.28 bits per heavy atom. The van der Waals surface area contributed by atoms with Crippen LogP contribution in [0.25, 0.3) is 0 Å². The average molecular weight is 513 g/mol. The molecule has 0 aromatic heterocycles. The lowest BCUT2D eigenvalue weighted by molar-refractivity contribution is -0.156. The monoisotopic (exact) mass is 512 g/mol. The number of ether oxygens (including phenoxy) is 2. The summed E-state index contributed by atoms with van der Waals surface area (Å²) >= 11 is 0. The number of amides is 1. The lowest BCUT2D eigenvalue weighted by atomic mass is 10.0. The van der Waals surface area contributed by atoms with Crippen LogP contribution in [-0.4, -0.2) is 74.4 Å². The SMILES string of the molecule is CCCCCC(OC(=O)CCCC(=O)OCCN(C)C)C(O)C/C=C\CCCCCCCC(=O)NC. The third-order valence-electron chi connectivity index (χ3n) is 5.97. The molecule has 0 fully saturated rings. The molecule has 0 saturated heterocycles. The van der Waals surface area contributed by atoms with Gasteiger partial charge < -0.3 is 24.8 Å². The second-order valence-electron chi connectivity index (χ2n) is 9.66. The largest absolute Gasteiger partial charge is 0.464 e. The van der Waals surface area contributed by atoms with E-state index in [4.69, 9.17) is 9.47 Å². The summed E-state index contributed by atoms with van der Waals surface area (Å²) in [7, 11) is 5.48. The summed E-state index contributed by atoms with van der Waals surface area (Å²) in [6.07, 6.45) is 14.4. The summed E-state index contributed by atoms with van der Waals surface area (Å²) in [5.41, 5.74) is 0. The number of nitrogens with zero attached hydrogens (tertiary/aromatic N) is 1. The number of aliphatic hydroxyl groups excluding tert-OH is 1. The summed E-state index contributed by atoms with van der Waals surface area (Å²) in [6.45, 7) is 3.12. The van der Waals surface area contributed by atoms with Crippen LogP contribution in [0.3, 0.4) is 0 Å². The Kier molecular flexibility index (Phi) is 22.2. The van der Waals surface area contributed by atoms with Crippen molar-refractivity contribution in [3.8, 4) is 0 Å². The second kappa shape index (κ2) is 23.5. The minimum Gasteiger partial charge on any atom is -0.464 e. The molecule has 36 heavy (non-hydrogen) atoms. The van der Waals surface area contributed by atoms with E-state index < -0.39 is 12.2 Å². The van der Waals surface area contributed by atoms with E-state index in [1.54, 1.807) is 7.05 Å². The standard InChI is InChI=1S/C28H52N2O6/c1-5-6-13-18-25(36-28(34)21-16-20-27(33)35-23-22-30(3)4)24(31)17-14-11-9-7-8-10-12-15-19-26(32)29-2/h11,14,24-25,31H,5-10,12-13,15-23H2,1-4H3,(H,29,32)/b14-11-. The minimum absolute atomic E-state index is 0.103. The molecule has 0 heterocycles. The Morgan fingerprint density at radius 2 is 1.58 bits per heavy atom. The summed E-state index contributed by atoms with van der Waals surface area (Å²) in [5, 5.41) is 13.3. The highest BCUT2D eigenvalue weighted by Gasteiger charge is 2.22. The number of allylic oxidation sites excluding steroid dienone is 1. The van der Waals surface area contributed by atoms with E-state index >= 15 is 0 Å². The number of carbonyl (C=O) groups excluding carboxylic acids is 3. The smallest absolute Gasteiger partial charge is 0.306 e. The van der Waals surface area contributed by atoms with Crippen LogP contribution in [0.1, 0.15) is 103 Å². The van der Waals surface area contributed by atoms with Crippen LogP contribution >= 0.6 is 0 Å². The molecule has 0 spiro atoms. The Bertz CT molecular complexity index is 609. The van der Waals surface area contributed by atoms with Gasteiger partial charge in [-0.2, -0.15) is 0 Å². The fraction of sp³-hybridized carbons (Fsp3) is 0.821. The molecule has 2 unspecified atom stereocenters. The lowest BCUT2D eigenvalue weighted by Gasteiger charge is -2.22. The number of carbonyl (C=O) groups is 3. The van der Waals surface area contributed by atoms with Gasteiger partial charge in [0.2, 0.25) is 5.91 Å². The fourth-order valence-corrected chi connectivity index (χ4v) is 3.65. The first kappa shape index (κ1) is 34.1. The quantitative estimate of drug-likeness (QED) is 0.118. The number of hydrogen-bond acceptors (Lipinski definition) is 7. The first-order chi connectivity index (χ1) is 17.3. The first-order valence-corrected chi connectivity index (χ1v) is 13.8. The maximum absolute atomic E-state index is 12.3. The summed E-state index contributed by atoms with van der Waals surface area (Å²) in [5.74, 6) is -0.582. The predicted molar refractivity (Wildman–Crippen MR) is 144 cm³/mol. The van der Waals surface area contributed by atoms with Gasteiger partial charge in [-0.1, -0.05) is 51.2 Å². The Labute approximate surface area is 219 Å². The fourth-order valence-electron chi connectivity index (χ4n) is 3.65. The highest BCUT2D eigenvalue weighted by Crippen LogP contribution is 2.16. The number of aliphatic hydroxyl groups is 1. The molecule has 0 aromatic carbocycles. The number of unbranched alkanes of at least 4 members (excludes halogenated alkanes) is 7. The van der Waals surface area contributed by atoms with Crippen molar-refractivity contribution in [1.29, 1.82) is 0 Å². The van der Waals surface area contributed by atoms with Gasteiger partial charge in [-0.3, -0.25) is 14.4 Å². The third kappa shape index (κ3) is 21.4. The van der Waals surface area contributed by atoms with Crippen LogP contribution in [-0.2, 0) is 23.9 Å². The molecule has 0 radical (unpaired) electrons. The summed E-state index contributed by atoms with van der Waals surface area (Å²) in [4.78, 5) is 37.2. The van der Waals surface area contributed by atoms with Gasteiger partial charge >= 0.3 is 11.9 Å². The predicted octanol–water partition coefficient (Wildman–Crippen LogP) is 4.54. The lowest BCUT2D eigenvalue weighted by Crippen LogP contribution is -2.31. The van der Waals surface area contributed by atoms with Crippen LogP contribution in [0.15, 0.2) is 12.2 Å².